The van der Waals surface area contributed by atoms with Crippen LogP contribution in [0.25, 0.3) is 37.8 Å². The molecule has 0 aliphatic heterocycles. The molecule has 2 heteroatoms. The molecule has 154 valence electrons. The number of hydrogen-bond acceptors (Lipinski definition) is 0. The Labute approximate surface area is 186 Å². The van der Waals surface area contributed by atoms with Gasteiger partial charge >= 0.3 is 0 Å². The van der Waals surface area contributed by atoms with Crippen molar-refractivity contribution in [2.24, 2.45) is 5.92 Å². The van der Waals surface area contributed by atoms with Crippen LogP contribution in [-0.2, 0) is 0 Å². The fraction of sp³-hybridized carbons (Fsp3) is 0.276. The van der Waals surface area contributed by atoms with Gasteiger partial charge in [0.15, 0.2) is 6.42 Å². The Kier molecular flexibility index (Phi) is 6.73. The van der Waals surface area contributed by atoms with Gasteiger partial charge < -0.3 is 4.98 Å². The van der Waals surface area contributed by atoms with Crippen LogP contribution in [-0.4, -0.2) is 11.5 Å². The third-order valence-corrected chi connectivity index (χ3v) is 6.08. The molecule has 0 saturated carbocycles. The normalized spacial score (nSPS) is 12.1. The minimum Gasteiger partial charge on any atom is -0.354 e. The van der Waals surface area contributed by atoms with Crippen LogP contribution in [0.2, 0.25) is 0 Å². The van der Waals surface area contributed by atoms with Crippen molar-refractivity contribution in [2.75, 3.05) is 6.54 Å². The van der Waals surface area contributed by atoms with E-state index < -0.39 is 0 Å². The van der Waals surface area contributed by atoms with E-state index >= 15 is 0 Å². The Bertz CT molecular complexity index is 1240. The number of unbranched alkanes of at least 4 members (excludes halogenated alkanes) is 1. The minimum absolute atomic E-state index is 0.613. The predicted octanol–water partition coefficient (Wildman–Crippen LogP) is 8.03. The van der Waals surface area contributed by atoms with Crippen LogP contribution < -0.4 is 0 Å². The van der Waals surface area contributed by atoms with E-state index in [0.29, 0.717) is 11.5 Å². The maximum absolute atomic E-state index is 6.36. The fourth-order valence-corrected chi connectivity index (χ4v) is 4.22. The summed E-state index contributed by atoms with van der Waals surface area (Å²) >= 11 is 0. The highest BCUT2D eigenvalue weighted by Gasteiger charge is 2.16. The lowest BCUT2D eigenvalue weighted by Crippen LogP contribution is -2.01. The van der Waals surface area contributed by atoms with Crippen LogP contribution in [0.15, 0.2) is 60.7 Å². The lowest BCUT2D eigenvalue weighted by atomic mass is 9.93. The zero-order valence-electron chi connectivity index (χ0n) is 18.4. The summed E-state index contributed by atoms with van der Waals surface area (Å²) in [6, 6.07) is 23.8. The number of fused-ring (bicyclic) bond motifs is 3. The van der Waals surface area contributed by atoms with E-state index in [0.717, 1.165) is 40.7 Å². The summed E-state index contributed by atoms with van der Waals surface area (Å²) in [6.45, 7) is 11.6. The van der Waals surface area contributed by atoms with Gasteiger partial charge in [0, 0.05) is 27.8 Å². The third-order valence-electron chi connectivity index (χ3n) is 6.08. The maximum Gasteiger partial charge on any atom is 0.289 e. The molecule has 0 aliphatic rings. The second-order valence-corrected chi connectivity index (χ2v) is 8.16. The standard InChI is InChI=1S/C29H29N2/c1-4-6-12-22(5-2)20-30-19-18-23-21(3)11-9-14-24(23)26-15-10-16-27-25-13-7-8-17-28(25)31-29(26)27/h3,7-11,13-17,22,31H,4-6,12,20H2,1-2H3/q+1. The van der Waals surface area contributed by atoms with Crippen LogP contribution in [0.4, 0.5) is 0 Å². The average molecular weight is 406 g/mol. The second-order valence-electron chi connectivity index (χ2n) is 8.16. The fourth-order valence-electron chi connectivity index (χ4n) is 4.22. The van der Waals surface area contributed by atoms with Crippen LogP contribution in [0, 0.1) is 25.3 Å². The van der Waals surface area contributed by atoms with E-state index in [-0.39, 0.29) is 0 Å². The summed E-state index contributed by atoms with van der Waals surface area (Å²) in [5.41, 5.74) is 5.93. The zero-order valence-corrected chi connectivity index (χ0v) is 18.4. The second kappa shape index (κ2) is 9.84. The van der Waals surface area contributed by atoms with Crippen molar-refractivity contribution in [3.05, 3.63) is 90.0 Å². The van der Waals surface area contributed by atoms with Gasteiger partial charge in [0.05, 0.1) is 5.52 Å². The van der Waals surface area contributed by atoms with Crippen molar-refractivity contribution < 1.29 is 0 Å². The Morgan fingerprint density at radius 2 is 1.71 bits per heavy atom. The number of benzene rings is 3. The topological polar surface area (TPSA) is 20.1 Å². The molecule has 3 aromatic carbocycles. The number of aromatic amines is 1. The van der Waals surface area contributed by atoms with Gasteiger partial charge in [-0.15, -0.1) is 0 Å². The van der Waals surface area contributed by atoms with Crippen molar-refractivity contribution in [3.63, 3.8) is 0 Å². The summed E-state index contributed by atoms with van der Waals surface area (Å²) < 4.78 is 0. The summed E-state index contributed by atoms with van der Waals surface area (Å²) in [5.74, 6) is 0.613. The van der Waals surface area contributed by atoms with Crippen LogP contribution in [0.5, 0.6) is 0 Å². The number of nitrogens with one attached hydrogen (secondary N) is 1. The molecular formula is C29H29N2+. The predicted molar refractivity (Wildman–Crippen MR) is 132 cm³/mol. The van der Waals surface area contributed by atoms with Crippen LogP contribution in [0.1, 0.15) is 50.7 Å². The molecule has 1 atom stereocenters. The Morgan fingerprint density at radius 1 is 0.935 bits per heavy atom. The first-order chi connectivity index (χ1) is 15.2. The van der Waals surface area contributed by atoms with Crippen LogP contribution in [0.3, 0.4) is 0 Å². The Hall–Kier alpha value is -3.05. The van der Waals surface area contributed by atoms with Gasteiger partial charge in [0.2, 0.25) is 0 Å². The first kappa shape index (κ1) is 21.2. The molecule has 0 fully saturated rings. The first-order valence-corrected chi connectivity index (χ1v) is 11.3. The summed E-state index contributed by atoms with van der Waals surface area (Å²) in [5, 5.41) is 2.43. The molecule has 1 N–H and O–H groups in total. The van der Waals surface area contributed by atoms with Crippen molar-refractivity contribution >= 4 is 21.8 Å². The molecular weight excluding hydrogens is 376 g/mol. The molecule has 1 aromatic heterocycles. The van der Waals surface area contributed by atoms with Gasteiger partial charge in [-0.2, -0.15) is 0 Å². The van der Waals surface area contributed by atoms with Crippen LogP contribution >= 0.6 is 0 Å². The molecule has 4 radical (unpaired) electrons. The lowest BCUT2D eigenvalue weighted by molar-refractivity contribution is 0.482. The number of para-hydroxylation sites is 2. The number of hydrogen-bond donors (Lipinski definition) is 1. The van der Waals surface area contributed by atoms with Crippen molar-refractivity contribution in [2.45, 2.75) is 39.5 Å². The van der Waals surface area contributed by atoms with Gasteiger partial charge in [-0.25, -0.2) is 0 Å². The van der Waals surface area contributed by atoms with E-state index in [4.69, 9.17) is 6.92 Å². The van der Waals surface area contributed by atoms with E-state index in [1.165, 1.54) is 30.0 Å². The van der Waals surface area contributed by atoms with Gasteiger partial charge in [0.25, 0.3) is 12.6 Å². The van der Waals surface area contributed by atoms with E-state index in [9.17, 15) is 0 Å². The SMILES string of the molecule is [CH]c1cccc(-c2cccc3c2[nH]c2ccccc23)c1[C]C#[N+]CC(CC)CCCC. The highest BCUT2D eigenvalue weighted by molar-refractivity contribution is 6.12. The first-order valence-electron chi connectivity index (χ1n) is 11.3. The largest absolute Gasteiger partial charge is 0.354 e. The van der Waals surface area contributed by atoms with Gasteiger partial charge in [-0.1, -0.05) is 86.1 Å². The highest BCUT2D eigenvalue weighted by Crippen LogP contribution is 2.35. The summed E-state index contributed by atoms with van der Waals surface area (Å²) in [4.78, 5) is 8.13. The molecule has 1 unspecified atom stereocenters. The molecule has 0 amide bonds. The number of rotatable bonds is 7. The molecule has 0 saturated heterocycles. The van der Waals surface area contributed by atoms with E-state index in [1.807, 2.05) is 12.1 Å². The highest BCUT2D eigenvalue weighted by atomic mass is 14.7. The Balaban J connectivity index is 1.67. The molecule has 0 bridgehead atoms. The molecule has 4 rings (SSSR count). The smallest absolute Gasteiger partial charge is 0.289 e. The third kappa shape index (κ3) is 4.52. The van der Waals surface area contributed by atoms with Gasteiger partial charge in [0.1, 0.15) is 0 Å². The van der Waals surface area contributed by atoms with E-state index in [1.54, 1.807) is 0 Å². The number of aromatic nitrogens is 1. The number of H-pyrrole nitrogens is 1. The van der Waals surface area contributed by atoms with Crippen molar-refractivity contribution in [3.8, 4) is 17.2 Å². The quantitative estimate of drug-likeness (QED) is 0.321. The van der Waals surface area contributed by atoms with E-state index in [2.05, 4.69) is 84.7 Å². The number of nitrogens with zero attached hydrogens (tertiary/aromatic N) is 1. The molecule has 0 aliphatic carbocycles. The van der Waals surface area contributed by atoms with Gasteiger partial charge in [-0.05, 0) is 42.5 Å². The summed E-state index contributed by atoms with van der Waals surface area (Å²) in [7, 11) is 0. The molecule has 1 heterocycles. The van der Waals surface area contributed by atoms with Crippen molar-refractivity contribution in [1.29, 1.82) is 0 Å². The summed E-state index contributed by atoms with van der Waals surface area (Å²) in [6.07, 6.45) is 8.11. The maximum atomic E-state index is 6.36. The molecule has 31 heavy (non-hydrogen) atoms. The van der Waals surface area contributed by atoms with Crippen molar-refractivity contribution in [1.82, 2.24) is 4.98 Å². The zero-order chi connectivity index (χ0) is 21.6. The Morgan fingerprint density at radius 3 is 2.55 bits per heavy atom. The monoisotopic (exact) mass is 405 g/mol. The lowest BCUT2D eigenvalue weighted by Gasteiger charge is -2.10. The molecule has 4 aromatic rings. The molecule has 0 spiro atoms. The average Bonchev–Trinajstić information content (AvgIpc) is 3.18. The molecule has 2 nitrogen and oxygen atoms in total. The van der Waals surface area contributed by atoms with Gasteiger partial charge in [-0.3, -0.25) is 0 Å². The minimum atomic E-state index is 0.613.